The standard InChI is InChI=1S/C76H142NO8P/c1-6-8-10-12-14-16-18-20-22-24-26-28-30-32-34-36-38-40-42-44-46-48-50-52-54-56-58-60-62-64-66-68-75(78)82-72-74(73-84-86(80,81)83-71-70-77(3,4)5)85-76(79)69-67-65-63-61-59-57-55-53-51-49-47-45-43-41-39-37-35-33-31-29-27-25-23-21-19-17-15-13-11-9-7-2/h9,11,15,17,21,23-24,26-27,29,74H,6-8,10,12-14,16,18-20,22,25,28,30-73H2,1-5H3/p+1/b11-9-,17-15-,23-21-,26-24-,29-27-. The van der Waals surface area contributed by atoms with E-state index in [9.17, 15) is 19.0 Å². The van der Waals surface area contributed by atoms with E-state index in [-0.39, 0.29) is 25.6 Å². The molecule has 2 unspecified atom stereocenters. The summed E-state index contributed by atoms with van der Waals surface area (Å²) < 4.78 is 34.8. The lowest BCUT2D eigenvalue weighted by atomic mass is 10.0. The summed E-state index contributed by atoms with van der Waals surface area (Å²) in [7, 11) is 1.49. The summed E-state index contributed by atoms with van der Waals surface area (Å²) in [6.07, 6.45) is 89.2. The van der Waals surface area contributed by atoms with Crippen LogP contribution >= 0.6 is 7.82 Å². The van der Waals surface area contributed by atoms with Gasteiger partial charge in [0.25, 0.3) is 0 Å². The molecule has 504 valence electrons. The number of ether oxygens (including phenoxy) is 2. The molecule has 0 fully saturated rings. The Hall–Kier alpha value is -2.29. The molecule has 0 aromatic rings. The van der Waals surface area contributed by atoms with Crippen LogP contribution in [0.5, 0.6) is 0 Å². The Labute approximate surface area is 534 Å². The van der Waals surface area contributed by atoms with Crippen LogP contribution in [-0.2, 0) is 32.7 Å². The molecule has 0 bridgehead atoms. The van der Waals surface area contributed by atoms with Gasteiger partial charge < -0.3 is 18.9 Å². The molecule has 0 amide bonds. The van der Waals surface area contributed by atoms with Gasteiger partial charge in [-0.15, -0.1) is 0 Å². The first-order valence-electron chi connectivity index (χ1n) is 37.0. The number of carbonyl (C=O) groups excluding carboxylic acids is 2. The van der Waals surface area contributed by atoms with E-state index in [2.05, 4.69) is 74.6 Å². The van der Waals surface area contributed by atoms with E-state index in [0.29, 0.717) is 23.9 Å². The van der Waals surface area contributed by atoms with E-state index < -0.39 is 26.5 Å². The van der Waals surface area contributed by atoms with Gasteiger partial charge in [-0.05, 0) is 77.0 Å². The number of allylic oxidation sites excluding steroid dienone is 10. The van der Waals surface area contributed by atoms with Crippen LogP contribution < -0.4 is 0 Å². The number of carbonyl (C=O) groups is 2. The van der Waals surface area contributed by atoms with Gasteiger partial charge in [-0.2, -0.15) is 0 Å². The number of esters is 2. The fraction of sp³-hybridized carbons (Fsp3) is 0.842. The Morgan fingerprint density at radius 2 is 0.663 bits per heavy atom. The molecule has 0 rings (SSSR count). The summed E-state index contributed by atoms with van der Waals surface area (Å²) in [5.74, 6) is -0.778. The molecule has 0 aliphatic rings. The van der Waals surface area contributed by atoms with Crippen molar-refractivity contribution in [3.63, 3.8) is 0 Å². The minimum absolute atomic E-state index is 0.0333. The van der Waals surface area contributed by atoms with Crippen LogP contribution in [-0.4, -0.2) is 74.9 Å². The predicted molar refractivity (Wildman–Crippen MR) is 372 cm³/mol. The van der Waals surface area contributed by atoms with Crippen molar-refractivity contribution in [3.8, 4) is 0 Å². The average molecular weight is 1230 g/mol. The quantitative estimate of drug-likeness (QED) is 0.0211. The molecule has 0 spiro atoms. The molecule has 0 saturated carbocycles. The van der Waals surface area contributed by atoms with Gasteiger partial charge in [0, 0.05) is 12.8 Å². The largest absolute Gasteiger partial charge is 0.472 e. The normalized spacial score (nSPS) is 13.4. The van der Waals surface area contributed by atoms with Crippen LogP contribution in [0.1, 0.15) is 361 Å². The first kappa shape index (κ1) is 83.7. The molecular weight excluding hydrogens is 1090 g/mol. The van der Waals surface area contributed by atoms with E-state index in [1.807, 2.05) is 21.1 Å². The van der Waals surface area contributed by atoms with E-state index in [1.54, 1.807) is 0 Å². The Morgan fingerprint density at radius 3 is 1.00 bits per heavy atom. The lowest BCUT2D eigenvalue weighted by molar-refractivity contribution is -0.870. The molecule has 0 aliphatic carbocycles. The van der Waals surface area contributed by atoms with Gasteiger partial charge in [0.1, 0.15) is 19.8 Å². The molecule has 0 heterocycles. The second-order valence-corrected chi connectivity index (χ2v) is 27.8. The summed E-state index contributed by atoms with van der Waals surface area (Å²) in [6, 6.07) is 0. The van der Waals surface area contributed by atoms with Crippen molar-refractivity contribution >= 4 is 19.8 Å². The number of quaternary nitrogens is 1. The fourth-order valence-electron chi connectivity index (χ4n) is 10.9. The zero-order valence-electron chi connectivity index (χ0n) is 57.6. The number of nitrogens with zero attached hydrogens (tertiary/aromatic N) is 1. The van der Waals surface area contributed by atoms with E-state index in [0.717, 1.165) is 57.8 Å². The number of likely N-dealkylation sites (N-methyl/N-ethyl adjacent to an activating group) is 1. The molecule has 0 aromatic heterocycles. The maximum atomic E-state index is 12.9. The van der Waals surface area contributed by atoms with Gasteiger partial charge >= 0.3 is 19.8 Å². The molecule has 0 aliphatic heterocycles. The topological polar surface area (TPSA) is 108 Å². The lowest BCUT2D eigenvalue weighted by Crippen LogP contribution is -2.37. The molecule has 1 N–H and O–H groups in total. The third-order valence-corrected chi connectivity index (χ3v) is 17.5. The zero-order valence-corrected chi connectivity index (χ0v) is 58.5. The van der Waals surface area contributed by atoms with Gasteiger partial charge in [-0.1, -0.05) is 331 Å². The molecule has 0 saturated heterocycles. The summed E-state index contributed by atoms with van der Waals surface area (Å²) in [6.45, 7) is 4.38. The molecule has 9 nitrogen and oxygen atoms in total. The number of unbranched alkanes of at least 4 members (excludes halogenated alkanes) is 45. The van der Waals surface area contributed by atoms with Crippen molar-refractivity contribution in [2.24, 2.45) is 0 Å². The first-order valence-corrected chi connectivity index (χ1v) is 38.5. The summed E-state index contributed by atoms with van der Waals surface area (Å²) in [4.78, 5) is 35.9. The molecule has 2 atom stereocenters. The van der Waals surface area contributed by atoms with Crippen molar-refractivity contribution < 1.29 is 42.1 Å². The smallest absolute Gasteiger partial charge is 0.462 e. The molecule has 0 aromatic carbocycles. The number of phosphoric ester groups is 1. The molecule has 10 heteroatoms. The highest BCUT2D eigenvalue weighted by atomic mass is 31.2. The minimum atomic E-state index is -4.39. The van der Waals surface area contributed by atoms with Crippen molar-refractivity contribution in [1.82, 2.24) is 0 Å². The van der Waals surface area contributed by atoms with Crippen LogP contribution in [0.2, 0.25) is 0 Å². The van der Waals surface area contributed by atoms with Crippen molar-refractivity contribution in [2.45, 2.75) is 367 Å². The highest BCUT2D eigenvalue weighted by molar-refractivity contribution is 7.47. The number of rotatable bonds is 69. The van der Waals surface area contributed by atoms with Gasteiger partial charge in [0.05, 0.1) is 27.7 Å². The number of phosphoric acid groups is 1. The maximum absolute atomic E-state index is 12.9. The van der Waals surface area contributed by atoms with Crippen LogP contribution in [0, 0.1) is 0 Å². The number of hydrogen-bond acceptors (Lipinski definition) is 7. The highest BCUT2D eigenvalue weighted by Crippen LogP contribution is 2.43. The summed E-state index contributed by atoms with van der Waals surface area (Å²) in [5, 5.41) is 0. The Kier molecular flexibility index (Phi) is 65.3. The van der Waals surface area contributed by atoms with Crippen molar-refractivity contribution in [1.29, 1.82) is 0 Å². The highest BCUT2D eigenvalue weighted by Gasteiger charge is 2.27. The monoisotopic (exact) mass is 1230 g/mol. The Balaban J connectivity index is 3.97. The van der Waals surface area contributed by atoms with Crippen molar-refractivity contribution in [3.05, 3.63) is 60.8 Å². The second-order valence-electron chi connectivity index (χ2n) is 26.3. The van der Waals surface area contributed by atoms with Crippen LogP contribution in [0.4, 0.5) is 0 Å². The number of hydrogen-bond donors (Lipinski definition) is 1. The third kappa shape index (κ3) is 70.8. The lowest BCUT2D eigenvalue weighted by Gasteiger charge is -2.24. The minimum Gasteiger partial charge on any atom is -0.462 e. The SMILES string of the molecule is CC/C=C\C/C=C\C/C=C\C/C=C\CCCCCCCCCCCCCCCCCCCCC(=O)OC(COC(=O)CCCCCCCCCCCCCCCCCCCCC/C=C\CCCCCCCCCC)COP(=O)(O)OCC[N+](C)(C)C. The van der Waals surface area contributed by atoms with Crippen LogP contribution in [0.25, 0.3) is 0 Å². The molecule has 0 radical (unpaired) electrons. The molecular formula is C76H143NO8P+. The summed E-state index contributed by atoms with van der Waals surface area (Å²) in [5.41, 5.74) is 0. The van der Waals surface area contributed by atoms with Crippen LogP contribution in [0.3, 0.4) is 0 Å². The van der Waals surface area contributed by atoms with Gasteiger partial charge in [0.2, 0.25) is 0 Å². The van der Waals surface area contributed by atoms with E-state index >= 15 is 0 Å². The third-order valence-electron chi connectivity index (χ3n) is 16.5. The maximum Gasteiger partial charge on any atom is 0.472 e. The van der Waals surface area contributed by atoms with Gasteiger partial charge in [-0.3, -0.25) is 18.6 Å². The first-order chi connectivity index (χ1) is 42.0. The molecule has 86 heavy (non-hydrogen) atoms. The van der Waals surface area contributed by atoms with E-state index in [4.69, 9.17) is 18.5 Å². The second kappa shape index (κ2) is 67.1. The van der Waals surface area contributed by atoms with Gasteiger partial charge in [0.15, 0.2) is 6.10 Å². The Bertz CT molecular complexity index is 1630. The van der Waals surface area contributed by atoms with Gasteiger partial charge in [-0.25, -0.2) is 4.57 Å². The average Bonchev–Trinajstić information content (AvgIpc) is 3.56. The van der Waals surface area contributed by atoms with Crippen LogP contribution in [0.15, 0.2) is 60.8 Å². The summed E-state index contributed by atoms with van der Waals surface area (Å²) >= 11 is 0. The predicted octanol–water partition coefficient (Wildman–Crippen LogP) is 24.2. The Morgan fingerprint density at radius 1 is 0.372 bits per heavy atom. The fourth-order valence-corrected chi connectivity index (χ4v) is 11.6. The zero-order chi connectivity index (χ0) is 62.6. The van der Waals surface area contributed by atoms with Crippen molar-refractivity contribution in [2.75, 3.05) is 47.5 Å². The van der Waals surface area contributed by atoms with E-state index in [1.165, 1.54) is 270 Å².